The Bertz CT molecular complexity index is 806. The molecule has 1 N–H and O–H groups in total. The zero-order valence-electron chi connectivity index (χ0n) is 16.9. The topological polar surface area (TPSA) is 71.0 Å². The van der Waals surface area contributed by atoms with E-state index in [0.717, 1.165) is 5.56 Å². The molecule has 0 radical (unpaired) electrons. The Labute approximate surface area is 170 Å². The molecule has 0 aliphatic carbocycles. The maximum atomic E-state index is 12.2. The quantitative estimate of drug-likeness (QED) is 0.550. The molecule has 1 aliphatic heterocycles. The molecule has 0 amide bonds. The first-order valence-corrected chi connectivity index (χ1v) is 11.1. The molecule has 0 aromatic heterocycles. The first kappa shape index (κ1) is 23.5. The van der Waals surface area contributed by atoms with Gasteiger partial charge in [-0.1, -0.05) is 24.3 Å². The first-order valence-electron chi connectivity index (χ1n) is 9.41. The minimum absolute atomic E-state index is 0.0804. The Morgan fingerprint density at radius 1 is 1.24 bits per heavy atom. The molecule has 2 rings (SSSR count). The predicted molar refractivity (Wildman–Crippen MR) is 106 cm³/mol. The second-order valence-electron chi connectivity index (χ2n) is 7.59. The van der Waals surface area contributed by atoms with E-state index in [1.807, 2.05) is 11.8 Å². The molecule has 0 spiro atoms. The molecule has 1 aromatic rings. The fourth-order valence-electron chi connectivity index (χ4n) is 2.94. The highest BCUT2D eigenvalue weighted by Crippen LogP contribution is 2.24. The smallest absolute Gasteiger partial charge is 0.367 e. The van der Waals surface area contributed by atoms with E-state index in [9.17, 15) is 21.6 Å². The van der Waals surface area contributed by atoms with Crippen molar-refractivity contribution in [3.05, 3.63) is 35.4 Å². The van der Waals surface area contributed by atoms with Crippen LogP contribution in [0, 0.1) is 0 Å². The van der Waals surface area contributed by atoms with Crippen LogP contribution in [0.2, 0.25) is 0 Å². The number of benzene rings is 1. The average Bonchev–Trinajstić information content (AvgIpc) is 2.61. The summed E-state index contributed by atoms with van der Waals surface area (Å²) in [6, 6.07) is 7.02. The van der Waals surface area contributed by atoms with E-state index < -0.39 is 27.4 Å². The Morgan fingerprint density at radius 3 is 2.41 bits per heavy atom. The normalized spacial score (nSPS) is 19.2. The highest BCUT2D eigenvalue weighted by atomic mass is 32.2. The van der Waals surface area contributed by atoms with E-state index in [2.05, 4.69) is 15.0 Å². The number of nitrogens with one attached hydrogen (secondary N) is 1. The molecule has 0 atom stereocenters. The molecule has 0 saturated carbocycles. The van der Waals surface area contributed by atoms with E-state index in [4.69, 9.17) is 0 Å². The standard InChI is InChI=1S/C19H28F3N3O3S/c1-4-23-17(25-9-10-29(26,27)18(2,3)13-25)24-11-15-5-7-16(8-6-15)12-28-14-19(20,21)22/h5-8H,4,9-14H2,1-3H3,(H,23,24). The molecule has 1 aliphatic rings. The Hall–Kier alpha value is -1.81. The van der Waals surface area contributed by atoms with Gasteiger partial charge in [-0.2, -0.15) is 13.2 Å². The number of alkyl halides is 3. The van der Waals surface area contributed by atoms with Crippen molar-refractivity contribution in [2.24, 2.45) is 4.99 Å². The number of hydrogen-bond acceptors (Lipinski definition) is 4. The summed E-state index contributed by atoms with van der Waals surface area (Å²) in [6.45, 7) is 5.76. The lowest BCUT2D eigenvalue weighted by molar-refractivity contribution is -0.176. The number of halogens is 3. The van der Waals surface area contributed by atoms with Crippen molar-refractivity contribution in [3.63, 3.8) is 0 Å². The van der Waals surface area contributed by atoms with Gasteiger partial charge in [-0.25, -0.2) is 13.4 Å². The van der Waals surface area contributed by atoms with Gasteiger partial charge in [0, 0.05) is 19.6 Å². The van der Waals surface area contributed by atoms with Gasteiger partial charge >= 0.3 is 6.18 Å². The highest BCUT2D eigenvalue weighted by molar-refractivity contribution is 7.92. The minimum atomic E-state index is -4.33. The molecule has 29 heavy (non-hydrogen) atoms. The maximum absolute atomic E-state index is 12.2. The van der Waals surface area contributed by atoms with E-state index in [0.29, 0.717) is 37.7 Å². The monoisotopic (exact) mass is 435 g/mol. The van der Waals surface area contributed by atoms with Gasteiger partial charge in [0.2, 0.25) is 0 Å². The number of guanidine groups is 1. The van der Waals surface area contributed by atoms with Crippen LogP contribution in [0.3, 0.4) is 0 Å². The van der Waals surface area contributed by atoms with Gasteiger partial charge in [0.15, 0.2) is 15.8 Å². The van der Waals surface area contributed by atoms with E-state index in [-0.39, 0.29) is 12.4 Å². The zero-order valence-corrected chi connectivity index (χ0v) is 17.7. The third-order valence-corrected chi connectivity index (χ3v) is 7.18. The molecule has 1 heterocycles. The fourth-order valence-corrected chi connectivity index (χ4v) is 4.31. The Kier molecular flexibility index (Phi) is 7.56. The molecule has 164 valence electrons. The number of ether oxygens (including phenoxy) is 1. The van der Waals surface area contributed by atoms with Gasteiger partial charge in [0.05, 0.1) is 23.7 Å². The van der Waals surface area contributed by atoms with E-state index >= 15 is 0 Å². The summed E-state index contributed by atoms with van der Waals surface area (Å²) >= 11 is 0. The third kappa shape index (κ3) is 6.88. The van der Waals surface area contributed by atoms with Crippen LogP contribution in [0.15, 0.2) is 29.3 Å². The van der Waals surface area contributed by atoms with Crippen LogP contribution in [0.25, 0.3) is 0 Å². The number of aliphatic imine (C=N–C) groups is 1. The first-order chi connectivity index (χ1) is 13.4. The molecule has 1 saturated heterocycles. The molecule has 0 unspecified atom stereocenters. The van der Waals surface area contributed by atoms with Crippen LogP contribution < -0.4 is 5.32 Å². The number of hydrogen-bond donors (Lipinski definition) is 1. The Balaban J connectivity index is 2.00. The number of nitrogens with zero attached hydrogens (tertiary/aromatic N) is 2. The molecule has 0 bridgehead atoms. The molecule has 10 heteroatoms. The number of rotatable bonds is 6. The van der Waals surface area contributed by atoms with Gasteiger partial charge in [-0.3, -0.25) is 0 Å². The third-order valence-electron chi connectivity index (χ3n) is 4.65. The van der Waals surface area contributed by atoms with Crippen LogP contribution in [0.5, 0.6) is 0 Å². The lowest BCUT2D eigenvalue weighted by Gasteiger charge is -2.39. The Morgan fingerprint density at radius 2 is 1.86 bits per heavy atom. The minimum Gasteiger partial charge on any atom is -0.367 e. The molecule has 1 fully saturated rings. The SMILES string of the molecule is CCNC(=NCc1ccc(COCC(F)(F)F)cc1)N1CCS(=O)(=O)C(C)(C)C1. The summed E-state index contributed by atoms with van der Waals surface area (Å²) in [7, 11) is -3.14. The van der Waals surface area contributed by atoms with Gasteiger partial charge in [-0.05, 0) is 31.9 Å². The molecule has 1 aromatic carbocycles. The van der Waals surface area contributed by atoms with Crippen molar-refractivity contribution in [2.75, 3.05) is 32.0 Å². The number of sulfone groups is 1. The van der Waals surface area contributed by atoms with Crippen molar-refractivity contribution < 1.29 is 26.3 Å². The lowest BCUT2D eigenvalue weighted by Crippen LogP contribution is -2.57. The van der Waals surface area contributed by atoms with Gasteiger partial charge in [0.1, 0.15) is 6.61 Å². The van der Waals surface area contributed by atoms with Crippen molar-refractivity contribution in [1.29, 1.82) is 0 Å². The largest absolute Gasteiger partial charge is 0.411 e. The van der Waals surface area contributed by atoms with Gasteiger partial charge in [0.25, 0.3) is 0 Å². The summed E-state index contributed by atoms with van der Waals surface area (Å²) in [5.74, 6) is 0.727. The molecule has 6 nitrogen and oxygen atoms in total. The van der Waals surface area contributed by atoms with Crippen molar-refractivity contribution in [1.82, 2.24) is 10.2 Å². The van der Waals surface area contributed by atoms with E-state index in [1.54, 1.807) is 38.1 Å². The van der Waals surface area contributed by atoms with Crippen LogP contribution in [0.1, 0.15) is 31.9 Å². The summed E-state index contributed by atoms with van der Waals surface area (Å²) < 4.78 is 64.6. The zero-order chi connectivity index (χ0) is 21.7. The summed E-state index contributed by atoms with van der Waals surface area (Å²) in [4.78, 5) is 6.55. The van der Waals surface area contributed by atoms with Crippen LogP contribution >= 0.6 is 0 Å². The second-order valence-corrected chi connectivity index (χ2v) is 10.3. The summed E-state index contributed by atoms with van der Waals surface area (Å²) in [5.41, 5.74) is 1.54. The van der Waals surface area contributed by atoms with Crippen molar-refractivity contribution >= 4 is 15.8 Å². The van der Waals surface area contributed by atoms with Crippen LogP contribution in [0.4, 0.5) is 13.2 Å². The van der Waals surface area contributed by atoms with Gasteiger partial charge in [-0.15, -0.1) is 0 Å². The van der Waals surface area contributed by atoms with Crippen LogP contribution in [-0.2, 0) is 27.7 Å². The van der Waals surface area contributed by atoms with Crippen LogP contribution in [-0.4, -0.2) is 62.2 Å². The average molecular weight is 436 g/mol. The molecular weight excluding hydrogens is 407 g/mol. The molecular formula is C19H28F3N3O3S. The second kappa shape index (κ2) is 9.34. The fraction of sp³-hybridized carbons (Fsp3) is 0.632. The summed E-state index contributed by atoms with van der Waals surface area (Å²) in [5, 5.41) is 3.20. The van der Waals surface area contributed by atoms with Gasteiger partial charge < -0.3 is 15.0 Å². The predicted octanol–water partition coefficient (Wildman–Crippen LogP) is 2.74. The van der Waals surface area contributed by atoms with Crippen molar-refractivity contribution in [3.8, 4) is 0 Å². The maximum Gasteiger partial charge on any atom is 0.411 e. The summed E-state index contributed by atoms with van der Waals surface area (Å²) in [6.07, 6.45) is -4.33. The van der Waals surface area contributed by atoms with Crippen molar-refractivity contribution in [2.45, 2.75) is 44.8 Å². The highest BCUT2D eigenvalue weighted by Gasteiger charge is 2.40. The van der Waals surface area contributed by atoms with E-state index in [1.165, 1.54) is 0 Å². The lowest BCUT2D eigenvalue weighted by atomic mass is 10.1.